The van der Waals surface area contributed by atoms with Crippen LogP contribution >= 0.6 is 11.3 Å². The smallest absolute Gasteiger partial charge is 0.0731 e. The second-order valence-corrected chi connectivity index (χ2v) is 18.9. The molecule has 1 heterocycles. The Labute approximate surface area is 373 Å². The van der Waals surface area contributed by atoms with Crippen molar-refractivity contribution in [2.75, 3.05) is 0 Å². The molecule has 12 aromatic carbocycles. The maximum absolute atomic E-state index is 2.47. The van der Waals surface area contributed by atoms with E-state index in [2.05, 4.69) is 218 Å². The van der Waals surface area contributed by atoms with Gasteiger partial charge in [0.25, 0.3) is 0 Å². The van der Waals surface area contributed by atoms with Gasteiger partial charge in [-0.1, -0.05) is 188 Å². The molecule has 15 rings (SSSR count). The predicted molar refractivity (Wildman–Crippen MR) is 274 cm³/mol. The molecule has 1 spiro atoms. The van der Waals surface area contributed by atoms with Gasteiger partial charge in [0, 0.05) is 20.2 Å². The van der Waals surface area contributed by atoms with E-state index in [1.54, 1.807) is 0 Å². The zero-order valence-corrected chi connectivity index (χ0v) is 35.5. The first-order valence-electron chi connectivity index (χ1n) is 22.3. The minimum absolute atomic E-state index is 0.439. The summed E-state index contributed by atoms with van der Waals surface area (Å²) in [4.78, 5) is 0. The summed E-state index contributed by atoms with van der Waals surface area (Å²) in [6.07, 6.45) is 0. The fraction of sp³-hybridized carbons (Fsp3) is 0.0159. The number of hydrogen-bond donors (Lipinski definition) is 0. The van der Waals surface area contributed by atoms with Crippen LogP contribution in [-0.4, -0.2) is 0 Å². The van der Waals surface area contributed by atoms with E-state index in [9.17, 15) is 0 Å². The van der Waals surface area contributed by atoms with Gasteiger partial charge in [-0.05, 0) is 151 Å². The highest BCUT2D eigenvalue weighted by Crippen LogP contribution is 2.65. The van der Waals surface area contributed by atoms with Crippen LogP contribution in [0.25, 0.3) is 119 Å². The minimum atomic E-state index is -0.439. The standard InChI is InChI=1S/C63H36S/c1-2-15-39-36-58-53(34-38(39)14-1)52-35-42(28-32-57(52)64-58)60-49-21-7-5-19-47(49)59(48-20-6-8-22-50(48)60)41-26-29-44-40(33-41)25-30-51-61-43-16-4-3-13-37(43)27-31-56(61)63(62(44)51)54-23-11-9-17-45(54)46-18-10-12-24-55(46)63/h1-36H. The van der Waals surface area contributed by atoms with Gasteiger partial charge in [-0.25, -0.2) is 0 Å². The summed E-state index contributed by atoms with van der Waals surface area (Å²) in [5, 5.41) is 15.5. The van der Waals surface area contributed by atoms with E-state index in [4.69, 9.17) is 0 Å². The Bertz CT molecular complexity index is 4100. The normalized spacial score (nSPS) is 13.4. The molecule has 0 N–H and O–H groups in total. The van der Waals surface area contributed by atoms with Crippen LogP contribution in [0.5, 0.6) is 0 Å². The topological polar surface area (TPSA) is 0 Å². The fourth-order valence-corrected chi connectivity index (χ4v) is 13.4. The van der Waals surface area contributed by atoms with Crippen molar-refractivity contribution in [3.05, 3.63) is 241 Å². The van der Waals surface area contributed by atoms with Gasteiger partial charge in [0.15, 0.2) is 0 Å². The molecule has 0 amide bonds. The molecular weight excluding hydrogens is 789 g/mol. The third-order valence-electron chi connectivity index (χ3n) is 14.8. The third kappa shape index (κ3) is 4.42. The van der Waals surface area contributed by atoms with E-state index in [1.807, 2.05) is 11.3 Å². The van der Waals surface area contributed by atoms with Crippen LogP contribution < -0.4 is 0 Å². The Balaban J connectivity index is 0.984. The molecule has 1 aromatic heterocycles. The zero-order chi connectivity index (χ0) is 41.7. The number of hydrogen-bond acceptors (Lipinski definition) is 1. The fourth-order valence-electron chi connectivity index (χ4n) is 12.3. The van der Waals surface area contributed by atoms with Crippen molar-refractivity contribution in [3.63, 3.8) is 0 Å². The third-order valence-corrected chi connectivity index (χ3v) is 15.9. The molecule has 294 valence electrons. The first-order valence-corrected chi connectivity index (χ1v) is 23.1. The van der Waals surface area contributed by atoms with E-state index in [0.29, 0.717) is 0 Å². The molecule has 0 aliphatic heterocycles. The molecule has 0 unspecified atom stereocenters. The van der Waals surface area contributed by atoms with Gasteiger partial charge >= 0.3 is 0 Å². The molecule has 0 bridgehead atoms. The number of thiophene rings is 1. The van der Waals surface area contributed by atoms with Gasteiger partial charge in [0.05, 0.1) is 5.41 Å². The molecule has 64 heavy (non-hydrogen) atoms. The minimum Gasteiger partial charge on any atom is -0.135 e. The molecular formula is C63H36S. The average Bonchev–Trinajstić information content (AvgIpc) is 3.98. The monoisotopic (exact) mass is 824 g/mol. The summed E-state index contributed by atoms with van der Waals surface area (Å²) in [5.41, 5.74) is 15.5. The zero-order valence-electron chi connectivity index (χ0n) is 34.7. The van der Waals surface area contributed by atoms with Crippen LogP contribution in [0.2, 0.25) is 0 Å². The summed E-state index contributed by atoms with van der Waals surface area (Å²) in [6.45, 7) is 0. The van der Waals surface area contributed by atoms with E-state index in [0.717, 1.165) is 0 Å². The van der Waals surface area contributed by atoms with Crippen molar-refractivity contribution in [1.82, 2.24) is 0 Å². The second kappa shape index (κ2) is 12.6. The lowest BCUT2D eigenvalue weighted by Gasteiger charge is -2.31. The number of fused-ring (bicyclic) bond motifs is 20. The van der Waals surface area contributed by atoms with Crippen LogP contribution in [0.4, 0.5) is 0 Å². The number of benzene rings is 12. The maximum atomic E-state index is 2.47. The van der Waals surface area contributed by atoms with Crippen LogP contribution in [0.15, 0.2) is 218 Å². The highest BCUT2D eigenvalue weighted by atomic mass is 32.1. The van der Waals surface area contributed by atoms with Gasteiger partial charge in [0.1, 0.15) is 0 Å². The summed E-state index contributed by atoms with van der Waals surface area (Å²) in [5.74, 6) is 0. The van der Waals surface area contributed by atoms with Crippen LogP contribution in [0.3, 0.4) is 0 Å². The molecule has 0 saturated carbocycles. The Kier molecular flexibility index (Phi) is 6.85. The lowest BCUT2D eigenvalue weighted by atomic mass is 9.69. The summed E-state index contributed by atoms with van der Waals surface area (Å²) >= 11 is 1.89. The van der Waals surface area contributed by atoms with E-state index in [-0.39, 0.29) is 0 Å². The molecule has 0 fully saturated rings. The molecule has 0 saturated heterocycles. The SMILES string of the molecule is c1ccc2c(c1)-c1ccccc1C21c2ccc3ccccc3c2-c2ccc3cc(-c4c5ccccc5c(-c5ccc6sc7cc8ccccc8cc7c6c5)c5ccccc45)ccc3c21. The lowest BCUT2D eigenvalue weighted by molar-refractivity contribution is 0.802. The average molecular weight is 825 g/mol. The predicted octanol–water partition coefficient (Wildman–Crippen LogP) is 17.5. The molecule has 0 atom stereocenters. The van der Waals surface area contributed by atoms with Gasteiger partial charge in [-0.15, -0.1) is 11.3 Å². The highest BCUT2D eigenvalue weighted by Gasteiger charge is 2.52. The lowest BCUT2D eigenvalue weighted by Crippen LogP contribution is -2.26. The molecule has 0 nitrogen and oxygen atoms in total. The molecule has 2 aliphatic rings. The summed E-state index contributed by atoms with van der Waals surface area (Å²) < 4.78 is 2.66. The molecule has 13 aromatic rings. The van der Waals surface area contributed by atoms with E-state index >= 15 is 0 Å². The van der Waals surface area contributed by atoms with Crippen molar-refractivity contribution in [3.8, 4) is 44.5 Å². The first-order chi connectivity index (χ1) is 31.7. The van der Waals surface area contributed by atoms with Crippen molar-refractivity contribution < 1.29 is 0 Å². The van der Waals surface area contributed by atoms with Crippen LogP contribution in [-0.2, 0) is 5.41 Å². The van der Waals surface area contributed by atoms with Gasteiger partial charge < -0.3 is 0 Å². The summed E-state index contributed by atoms with van der Waals surface area (Å²) in [7, 11) is 0. The van der Waals surface area contributed by atoms with Crippen molar-refractivity contribution >= 4 is 85.4 Å². The number of rotatable bonds is 2. The van der Waals surface area contributed by atoms with Crippen molar-refractivity contribution in [1.29, 1.82) is 0 Å². The van der Waals surface area contributed by atoms with Gasteiger partial charge in [0.2, 0.25) is 0 Å². The second-order valence-electron chi connectivity index (χ2n) is 17.8. The molecule has 0 radical (unpaired) electrons. The van der Waals surface area contributed by atoms with Crippen molar-refractivity contribution in [2.24, 2.45) is 0 Å². The van der Waals surface area contributed by atoms with E-state index in [1.165, 1.54) is 141 Å². The Morgan fingerprint density at radius 3 is 1.48 bits per heavy atom. The van der Waals surface area contributed by atoms with Gasteiger partial charge in [-0.3, -0.25) is 0 Å². The van der Waals surface area contributed by atoms with E-state index < -0.39 is 5.41 Å². The Morgan fingerprint density at radius 1 is 0.266 bits per heavy atom. The van der Waals surface area contributed by atoms with Gasteiger partial charge in [-0.2, -0.15) is 0 Å². The first kappa shape index (κ1) is 34.7. The largest absolute Gasteiger partial charge is 0.135 e. The van der Waals surface area contributed by atoms with Crippen LogP contribution in [0.1, 0.15) is 22.3 Å². The highest BCUT2D eigenvalue weighted by molar-refractivity contribution is 7.25. The Hall–Kier alpha value is -7.84. The molecule has 1 heteroatoms. The van der Waals surface area contributed by atoms with Crippen molar-refractivity contribution in [2.45, 2.75) is 5.41 Å². The van der Waals surface area contributed by atoms with Crippen LogP contribution in [0, 0.1) is 0 Å². The Morgan fingerprint density at radius 2 is 0.797 bits per heavy atom. The quantitative estimate of drug-likeness (QED) is 0.152. The molecule has 2 aliphatic carbocycles. The summed E-state index contributed by atoms with van der Waals surface area (Å²) in [6, 6.07) is 82.9. The maximum Gasteiger partial charge on any atom is 0.0731 e.